The lowest BCUT2D eigenvalue weighted by Gasteiger charge is -2.31. The fraction of sp³-hybridized carbons (Fsp3) is 0.462. The topological polar surface area (TPSA) is 29.5 Å². The number of thiol groups is 1. The van der Waals surface area contributed by atoms with Crippen LogP contribution in [-0.2, 0) is 4.74 Å². The van der Waals surface area contributed by atoms with Crippen LogP contribution in [0.5, 0.6) is 0 Å². The molecular weight excluding hydrogens is 253 g/mol. The molecule has 0 atom stereocenters. The van der Waals surface area contributed by atoms with Gasteiger partial charge in [0.15, 0.2) is 0 Å². The van der Waals surface area contributed by atoms with Crippen LogP contribution >= 0.6 is 12.6 Å². The number of nitrogens with zero attached hydrogens (tertiary/aromatic N) is 1. The molecule has 5 heteroatoms. The molecule has 1 aromatic rings. The van der Waals surface area contributed by atoms with E-state index in [-0.39, 0.29) is 16.8 Å². The van der Waals surface area contributed by atoms with E-state index in [0.717, 1.165) is 12.8 Å². The minimum absolute atomic E-state index is 0.0998. The fourth-order valence-corrected chi connectivity index (χ4v) is 2.30. The Hall–Kier alpha value is -1.07. The molecule has 0 N–H and O–H groups in total. The van der Waals surface area contributed by atoms with Crippen LogP contribution in [0, 0.1) is 5.82 Å². The summed E-state index contributed by atoms with van der Waals surface area (Å²) in [4.78, 5) is 14.1. The summed E-state index contributed by atoms with van der Waals surface area (Å²) in [5, 5.41) is 0. The molecule has 0 unspecified atom stereocenters. The molecule has 1 fully saturated rings. The summed E-state index contributed by atoms with van der Waals surface area (Å²) >= 11 is 3.99. The zero-order valence-corrected chi connectivity index (χ0v) is 11.1. The Labute approximate surface area is 111 Å². The number of carbonyl (C=O) groups is 1. The van der Waals surface area contributed by atoms with E-state index in [0.29, 0.717) is 18.8 Å². The molecule has 0 spiro atoms. The second kappa shape index (κ2) is 5.71. The molecule has 2 rings (SSSR count). The van der Waals surface area contributed by atoms with Gasteiger partial charge in [-0.1, -0.05) is 0 Å². The molecule has 1 aliphatic heterocycles. The zero-order valence-electron chi connectivity index (χ0n) is 10.2. The van der Waals surface area contributed by atoms with E-state index in [1.165, 1.54) is 18.2 Å². The first kappa shape index (κ1) is 13.4. The number of ether oxygens (including phenoxy) is 1. The average molecular weight is 269 g/mol. The lowest BCUT2D eigenvalue weighted by molar-refractivity contribution is 0.0362. The van der Waals surface area contributed by atoms with Crippen molar-refractivity contribution in [3.8, 4) is 0 Å². The van der Waals surface area contributed by atoms with Gasteiger partial charge in [-0.15, -0.1) is 12.6 Å². The number of halogens is 1. The number of carbonyl (C=O) groups excluding carboxylic acids is 1. The summed E-state index contributed by atoms with van der Waals surface area (Å²) in [6.45, 7) is 1.37. The smallest absolute Gasteiger partial charge is 0.253 e. The van der Waals surface area contributed by atoms with Crippen molar-refractivity contribution in [2.45, 2.75) is 23.8 Å². The van der Waals surface area contributed by atoms with Crippen LogP contribution in [0.25, 0.3) is 0 Å². The molecule has 98 valence electrons. The first-order valence-corrected chi connectivity index (χ1v) is 6.37. The maximum Gasteiger partial charge on any atom is 0.253 e. The van der Waals surface area contributed by atoms with E-state index in [2.05, 4.69) is 12.6 Å². The molecule has 1 aromatic carbocycles. The van der Waals surface area contributed by atoms with Gasteiger partial charge in [-0.25, -0.2) is 4.39 Å². The first-order chi connectivity index (χ1) is 8.59. The number of rotatable bonds is 2. The highest BCUT2D eigenvalue weighted by atomic mass is 32.1. The van der Waals surface area contributed by atoms with E-state index in [9.17, 15) is 9.18 Å². The molecule has 0 radical (unpaired) electrons. The highest BCUT2D eigenvalue weighted by Crippen LogP contribution is 2.19. The second-order valence-corrected chi connectivity index (χ2v) is 4.91. The van der Waals surface area contributed by atoms with Gasteiger partial charge in [-0.3, -0.25) is 4.79 Å². The van der Waals surface area contributed by atoms with E-state index in [1.807, 2.05) is 0 Å². The average Bonchev–Trinajstić information content (AvgIpc) is 2.41. The van der Waals surface area contributed by atoms with Crippen molar-refractivity contribution in [1.82, 2.24) is 4.90 Å². The Morgan fingerprint density at radius 1 is 1.44 bits per heavy atom. The minimum atomic E-state index is -0.413. The molecule has 0 saturated carbocycles. The minimum Gasteiger partial charge on any atom is -0.381 e. The predicted molar refractivity (Wildman–Crippen MR) is 69.6 cm³/mol. The van der Waals surface area contributed by atoms with Crippen LogP contribution in [0.2, 0.25) is 0 Å². The third-order valence-corrected chi connectivity index (χ3v) is 3.59. The van der Waals surface area contributed by atoms with E-state index >= 15 is 0 Å². The maximum absolute atomic E-state index is 13.1. The summed E-state index contributed by atoms with van der Waals surface area (Å²) in [7, 11) is 1.78. The Morgan fingerprint density at radius 3 is 2.72 bits per heavy atom. The zero-order chi connectivity index (χ0) is 13.1. The fourth-order valence-electron chi connectivity index (χ4n) is 2.09. The highest BCUT2D eigenvalue weighted by molar-refractivity contribution is 7.80. The second-order valence-electron chi connectivity index (χ2n) is 4.43. The Morgan fingerprint density at radius 2 is 2.11 bits per heavy atom. The predicted octanol–water partition coefficient (Wildman–Crippen LogP) is 2.37. The summed E-state index contributed by atoms with van der Waals surface area (Å²) < 4.78 is 18.4. The highest BCUT2D eigenvalue weighted by Gasteiger charge is 2.23. The van der Waals surface area contributed by atoms with E-state index < -0.39 is 5.82 Å². The summed E-state index contributed by atoms with van der Waals surface area (Å²) in [6, 6.07) is 4.43. The van der Waals surface area contributed by atoms with Gasteiger partial charge < -0.3 is 9.64 Å². The lowest BCUT2D eigenvalue weighted by Crippen LogP contribution is -2.40. The van der Waals surface area contributed by atoms with Gasteiger partial charge in [-0.05, 0) is 31.0 Å². The van der Waals surface area contributed by atoms with Crippen LogP contribution in [0.1, 0.15) is 23.2 Å². The number of benzene rings is 1. The van der Waals surface area contributed by atoms with Gasteiger partial charge in [0.25, 0.3) is 5.91 Å². The van der Waals surface area contributed by atoms with Crippen molar-refractivity contribution in [3.05, 3.63) is 29.6 Å². The molecule has 1 saturated heterocycles. The molecule has 1 heterocycles. The monoisotopic (exact) mass is 269 g/mol. The third kappa shape index (κ3) is 2.84. The number of amides is 1. The van der Waals surface area contributed by atoms with Crippen molar-refractivity contribution in [2.24, 2.45) is 0 Å². The summed E-state index contributed by atoms with van der Waals surface area (Å²) in [6.07, 6.45) is 1.69. The van der Waals surface area contributed by atoms with Crippen LogP contribution in [0.15, 0.2) is 23.1 Å². The normalized spacial score (nSPS) is 16.6. The van der Waals surface area contributed by atoms with Crippen molar-refractivity contribution in [2.75, 3.05) is 20.3 Å². The standard InChI is InChI=1S/C13H16FNO2S/c1-15(10-4-6-17-7-5-10)13(16)9-2-3-11(14)12(18)8-9/h2-3,8,10,18H,4-7H2,1H3. The Bertz CT molecular complexity index is 447. The SMILES string of the molecule is CN(C(=O)c1ccc(F)c(S)c1)C1CCOCC1. The van der Waals surface area contributed by atoms with Gasteiger partial charge >= 0.3 is 0 Å². The van der Waals surface area contributed by atoms with Crippen molar-refractivity contribution in [1.29, 1.82) is 0 Å². The van der Waals surface area contributed by atoms with Gasteiger partial charge in [-0.2, -0.15) is 0 Å². The maximum atomic E-state index is 13.1. The largest absolute Gasteiger partial charge is 0.381 e. The van der Waals surface area contributed by atoms with Crippen LogP contribution in [0.3, 0.4) is 0 Å². The lowest BCUT2D eigenvalue weighted by atomic mass is 10.1. The molecule has 18 heavy (non-hydrogen) atoms. The molecule has 0 aromatic heterocycles. The van der Waals surface area contributed by atoms with Crippen LogP contribution < -0.4 is 0 Å². The Balaban J connectivity index is 2.11. The molecule has 1 aliphatic rings. The van der Waals surface area contributed by atoms with E-state index in [1.54, 1.807) is 11.9 Å². The molecule has 0 bridgehead atoms. The van der Waals surface area contributed by atoms with Gasteiger partial charge in [0.2, 0.25) is 0 Å². The number of hydrogen-bond donors (Lipinski definition) is 1. The van der Waals surface area contributed by atoms with Gasteiger partial charge in [0.05, 0.1) is 0 Å². The molecule has 0 aliphatic carbocycles. The Kier molecular flexibility index (Phi) is 4.24. The first-order valence-electron chi connectivity index (χ1n) is 5.93. The van der Waals surface area contributed by atoms with Crippen molar-refractivity contribution >= 4 is 18.5 Å². The summed E-state index contributed by atoms with van der Waals surface area (Å²) in [5.41, 5.74) is 0.468. The van der Waals surface area contributed by atoms with Crippen molar-refractivity contribution in [3.63, 3.8) is 0 Å². The van der Waals surface area contributed by atoms with Gasteiger partial charge in [0, 0.05) is 36.8 Å². The quantitative estimate of drug-likeness (QED) is 0.835. The summed E-state index contributed by atoms with van der Waals surface area (Å²) in [5.74, 6) is -0.513. The molecule has 1 amide bonds. The van der Waals surface area contributed by atoms with Crippen LogP contribution in [0.4, 0.5) is 4.39 Å². The third-order valence-electron chi connectivity index (χ3n) is 3.25. The van der Waals surface area contributed by atoms with Crippen LogP contribution in [-0.4, -0.2) is 37.1 Å². The van der Waals surface area contributed by atoms with E-state index in [4.69, 9.17) is 4.74 Å². The van der Waals surface area contributed by atoms with Gasteiger partial charge in [0.1, 0.15) is 5.82 Å². The van der Waals surface area contributed by atoms with Crippen molar-refractivity contribution < 1.29 is 13.9 Å². The molecular formula is C13H16FNO2S. The number of hydrogen-bond acceptors (Lipinski definition) is 3. The molecule has 3 nitrogen and oxygen atoms in total.